The fourth-order valence-corrected chi connectivity index (χ4v) is 9.79. The van der Waals surface area contributed by atoms with Crippen LogP contribution < -0.4 is 20.1 Å². The first kappa shape index (κ1) is 34.4. The molecule has 2 aromatic carbocycles. The minimum absolute atomic E-state index is 0. The Morgan fingerprint density at radius 3 is 1.26 bits per heavy atom. The molecule has 0 N–H and O–H groups in total. The van der Waals surface area contributed by atoms with Gasteiger partial charge in [-0.1, -0.05) is 38.5 Å². The van der Waals surface area contributed by atoms with Gasteiger partial charge in [0, 0.05) is 0 Å². The first-order valence-corrected chi connectivity index (χ1v) is 14.3. The van der Waals surface area contributed by atoms with E-state index in [9.17, 15) is 0 Å². The van der Waals surface area contributed by atoms with Crippen LogP contribution in [0.5, 0.6) is 11.5 Å². The van der Waals surface area contributed by atoms with Crippen molar-refractivity contribution >= 4 is 27.8 Å². The van der Waals surface area contributed by atoms with Gasteiger partial charge in [-0.3, -0.25) is 0 Å². The topological polar surface area (TPSA) is 18.5 Å². The van der Waals surface area contributed by atoms with Gasteiger partial charge in [-0.2, -0.15) is 0 Å². The Balaban J connectivity index is 0.00000129. The van der Waals surface area contributed by atoms with Crippen molar-refractivity contribution < 1.29 is 26.5 Å². The molecule has 35 heavy (non-hydrogen) atoms. The van der Waals surface area contributed by atoms with Crippen molar-refractivity contribution in [1.82, 2.24) is 0 Å². The van der Waals surface area contributed by atoms with Crippen LogP contribution in [0.2, 0.25) is 0 Å². The SMILES string of the molecule is C1CCCC1.COc1c(C)cc(P(c2cc(C)c(OC)c(C)c2)C2CCCC2P)cc1C.[CH3-].[CH3-].[Fe+2]. The summed E-state index contributed by atoms with van der Waals surface area (Å²) in [7, 11) is 6.25. The molecule has 2 aromatic rings. The molecular formula is C30H48FeO2P2. The number of hydrogen-bond donors (Lipinski definition) is 0. The van der Waals surface area contributed by atoms with Crippen LogP contribution in [0.1, 0.15) is 73.6 Å². The van der Waals surface area contributed by atoms with Crippen LogP contribution in [0.4, 0.5) is 0 Å². The van der Waals surface area contributed by atoms with E-state index in [2.05, 4.69) is 61.2 Å². The smallest absolute Gasteiger partial charge is 0.496 e. The fourth-order valence-electron chi connectivity index (χ4n) is 5.48. The zero-order valence-electron chi connectivity index (χ0n) is 23.3. The van der Waals surface area contributed by atoms with Crippen molar-refractivity contribution in [3.05, 3.63) is 61.4 Å². The van der Waals surface area contributed by atoms with E-state index in [0.717, 1.165) is 11.5 Å². The van der Waals surface area contributed by atoms with E-state index >= 15 is 0 Å². The van der Waals surface area contributed by atoms with Crippen LogP contribution >= 0.6 is 17.2 Å². The predicted molar refractivity (Wildman–Crippen MR) is 158 cm³/mol. The summed E-state index contributed by atoms with van der Waals surface area (Å²) in [5.74, 6) is 2.04. The maximum Gasteiger partial charge on any atom is 2.00 e. The molecule has 3 atom stereocenters. The molecule has 0 amide bonds. The molecule has 3 unspecified atom stereocenters. The molecule has 2 fully saturated rings. The third kappa shape index (κ3) is 8.47. The van der Waals surface area contributed by atoms with Gasteiger partial charge in [-0.15, -0.1) is 9.24 Å². The van der Waals surface area contributed by atoms with Gasteiger partial charge in [-0.05, 0) is 117 Å². The van der Waals surface area contributed by atoms with E-state index in [1.165, 1.54) is 84.2 Å². The molecule has 0 heterocycles. The van der Waals surface area contributed by atoms with Gasteiger partial charge >= 0.3 is 17.1 Å². The molecule has 0 radical (unpaired) electrons. The second-order valence-electron chi connectivity index (χ2n) is 9.53. The van der Waals surface area contributed by atoms with Crippen molar-refractivity contribution in [2.45, 2.75) is 90.4 Å². The van der Waals surface area contributed by atoms with Crippen molar-refractivity contribution in [2.75, 3.05) is 14.2 Å². The molecule has 0 bridgehead atoms. The van der Waals surface area contributed by atoms with E-state index in [4.69, 9.17) is 9.47 Å². The second kappa shape index (κ2) is 16.3. The summed E-state index contributed by atoms with van der Waals surface area (Å²) >= 11 is 0. The van der Waals surface area contributed by atoms with Crippen molar-refractivity contribution in [3.8, 4) is 11.5 Å². The largest absolute Gasteiger partial charge is 2.00 e. The molecule has 4 rings (SSSR count). The van der Waals surface area contributed by atoms with Gasteiger partial charge in [0.15, 0.2) is 0 Å². The van der Waals surface area contributed by atoms with Gasteiger partial charge < -0.3 is 24.3 Å². The summed E-state index contributed by atoms with van der Waals surface area (Å²) in [6.07, 6.45) is 11.5. The van der Waals surface area contributed by atoms with Gasteiger partial charge in [0.05, 0.1) is 14.2 Å². The number of rotatable bonds is 5. The van der Waals surface area contributed by atoms with Gasteiger partial charge in [0.2, 0.25) is 0 Å². The number of methoxy groups -OCH3 is 2. The van der Waals surface area contributed by atoms with Crippen molar-refractivity contribution in [3.63, 3.8) is 0 Å². The number of aryl methyl sites for hydroxylation is 4. The summed E-state index contributed by atoms with van der Waals surface area (Å²) in [5, 5.41) is 2.95. The van der Waals surface area contributed by atoms with Gasteiger partial charge in [0.25, 0.3) is 0 Å². The maximum atomic E-state index is 5.62. The Morgan fingerprint density at radius 2 is 1.00 bits per heavy atom. The minimum atomic E-state index is -0.423. The van der Waals surface area contributed by atoms with E-state index < -0.39 is 7.92 Å². The quantitative estimate of drug-likeness (QED) is 0.210. The van der Waals surface area contributed by atoms with E-state index in [1.54, 1.807) is 14.2 Å². The van der Waals surface area contributed by atoms with E-state index in [-0.39, 0.29) is 31.9 Å². The average molecular weight is 559 g/mol. The monoisotopic (exact) mass is 558 g/mol. The molecule has 0 aliphatic heterocycles. The molecule has 0 saturated heterocycles. The Labute approximate surface area is 231 Å². The van der Waals surface area contributed by atoms with Crippen LogP contribution in [0.15, 0.2) is 24.3 Å². The number of hydrogen-bond acceptors (Lipinski definition) is 2. The minimum Gasteiger partial charge on any atom is -0.496 e. The van der Waals surface area contributed by atoms with Gasteiger partial charge in [-0.25, -0.2) is 0 Å². The van der Waals surface area contributed by atoms with Crippen molar-refractivity contribution in [2.24, 2.45) is 0 Å². The second-order valence-corrected chi connectivity index (χ2v) is 12.8. The van der Waals surface area contributed by atoms with Crippen LogP contribution in [0.25, 0.3) is 0 Å². The Hall–Kier alpha value is -0.581. The Morgan fingerprint density at radius 1 is 0.657 bits per heavy atom. The molecule has 2 aliphatic rings. The molecule has 0 aromatic heterocycles. The van der Waals surface area contributed by atoms with Crippen LogP contribution in [-0.2, 0) is 17.1 Å². The van der Waals surface area contributed by atoms with Crippen LogP contribution in [0.3, 0.4) is 0 Å². The van der Waals surface area contributed by atoms with E-state index in [1.807, 2.05) is 0 Å². The van der Waals surface area contributed by atoms with E-state index in [0.29, 0.717) is 11.3 Å². The molecular weight excluding hydrogens is 510 g/mol. The normalized spacial score (nSPS) is 18.5. The molecule has 198 valence electrons. The summed E-state index contributed by atoms with van der Waals surface area (Å²) in [6.45, 7) is 8.67. The average Bonchev–Trinajstić information content (AvgIpc) is 3.44. The van der Waals surface area contributed by atoms with Crippen LogP contribution in [0, 0.1) is 42.5 Å². The van der Waals surface area contributed by atoms with Crippen molar-refractivity contribution in [1.29, 1.82) is 0 Å². The zero-order chi connectivity index (χ0) is 23.3. The summed E-state index contributed by atoms with van der Waals surface area (Å²) in [6, 6.07) is 9.45. The molecule has 5 heteroatoms. The fraction of sp³-hybridized carbons (Fsp3) is 0.533. The third-order valence-electron chi connectivity index (χ3n) is 6.97. The molecule has 2 saturated carbocycles. The summed E-state index contributed by atoms with van der Waals surface area (Å²) < 4.78 is 11.2. The third-order valence-corrected chi connectivity index (χ3v) is 11.0. The molecule has 2 aliphatic carbocycles. The maximum absolute atomic E-state index is 5.62. The summed E-state index contributed by atoms with van der Waals surface area (Å²) in [4.78, 5) is 0. The number of benzene rings is 2. The summed E-state index contributed by atoms with van der Waals surface area (Å²) in [5.41, 5.74) is 6.35. The molecule has 2 nitrogen and oxygen atoms in total. The van der Waals surface area contributed by atoms with Gasteiger partial charge in [0.1, 0.15) is 11.5 Å². The molecule has 0 spiro atoms. The number of ether oxygens (including phenoxy) is 2. The zero-order valence-corrected chi connectivity index (χ0v) is 26.5. The Bertz CT molecular complexity index is 798. The first-order chi connectivity index (χ1) is 15.4. The standard InChI is InChI=1S/C23H32O2P2.C5H10.2CH3.Fe/c1-14-10-18(11-15(2)22(14)24-5)27(21-9-7-8-20(21)26)19-12-16(3)23(25-6)17(4)13-19;1-2-4-5-3-1;;;/h10-13,20-21H,7-9,26H2,1-6H3;1-5H2;2*1H3;/q;;2*-1;+2. The Kier molecular flexibility index (Phi) is 16.0. The van der Waals surface area contributed by atoms with Crippen LogP contribution in [-0.4, -0.2) is 25.5 Å². The first-order valence-electron chi connectivity index (χ1n) is 12.2. The predicted octanol–water partition coefficient (Wildman–Crippen LogP) is 8.01.